The smallest absolute Gasteiger partial charge is 0.241 e. The summed E-state index contributed by atoms with van der Waals surface area (Å²) in [5, 5.41) is 8.75. The van der Waals surface area contributed by atoms with Gasteiger partial charge in [-0.3, -0.25) is 0 Å². The van der Waals surface area contributed by atoms with Crippen molar-refractivity contribution in [2.75, 3.05) is 13.2 Å². The van der Waals surface area contributed by atoms with E-state index in [1.54, 1.807) is 24.3 Å². The molecule has 1 aromatic rings. The largest absolute Gasteiger partial charge is 0.384 e. The van der Waals surface area contributed by atoms with Crippen molar-refractivity contribution in [1.82, 2.24) is 4.72 Å². The second-order valence-electron chi connectivity index (χ2n) is 5.29. The van der Waals surface area contributed by atoms with E-state index < -0.39 is 10.0 Å². The fourth-order valence-electron chi connectivity index (χ4n) is 2.71. The normalized spacial score (nSPS) is 15.7. The summed E-state index contributed by atoms with van der Waals surface area (Å²) in [4.78, 5) is 0.178. The van der Waals surface area contributed by atoms with Crippen molar-refractivity contribution in [2.24, 2.45) is 5.92 Å². The van der Waals surface area contributed by atoms with Crippen molar-refractivity contribution in [3.8, 4) is 11.8 Å². The summed E-state index contributed by atoms with van der Waals surface area (Å²) in [7, 11) is -3.55. The van der Waals surface area contributed by atoms with Crippen LogP contribution in [0.15, 0.2) is 29.2 Å². The molecule has 0 spiro atoms. The lowest BCUT2D eigenvalue weighted by Gasteiger charge is -2.11. The van der Waals surface area contributed by atoms with Crippen molar-refractivity contribution in [2.45, 2.75) is 37.0 Å². The third-order valence-corrected chi connectivity index (χ3v) is 5.32. The molecule has 2 rings (SSSR count). The van der Waals surface area contributed by atoms with Gasteiger partial charge in [-0.25, -0.2) is 13.1 Å². The van der Waals surface area contributed by atoms with Crippen LogP contribution < -0.4 is 4.72 Å². The number of hydrogen-bond acceptors (Lipinski definition) is 3. The van der Waals surface area contributed by atoms with E-state index in [1.807, 2.05) is 0 Å². The number of benzene rings is 1. The van der Waals surface area contributed by atoms with Crippen LogP contribution >= 0.6 is 0 Å². The topological polar surface area (TPSA) is 66.4 Å². The SMILES string of the molecule is O=S(=O)(NCCC1CCCC1)c1ccccc1C#CCO. The molecule has 0 heterocycles. The van der Waals surface area contributed by atoms with Crippen LogP contribution in [0.25, 0.3) is 0 Å². The standard InChI is InChI=1S/C16H21NO3S/c18-13-5-9-15-8-3-4-10-16(15)21(19,20)17-12-11-14-6-1-2-7-14/h3-4,8,10,14,17-18H,1-2,6-7,11-13H2. The number of sulfonamides is 1. The molecule has 2 N–H and O–H groups in total. The van der Waals surface area contributed by atoms with Gasteiger partial charge in [0.15, 0.2) is 0 Å². The monoisotopic (exact) mass is 307 g/mol. The molecule has 0 unspecified atom stereocenters. The van der Waals surface area contributed by atoms with Crippen LogP contribution in [0.5, 0.6) is 0 Å². The fraction of sp³-hybridized carbons (Fsp3) is 0.500. The zero-order valence-corrected chi connectivity index (χ0v) is 12.8. The second kappa shape index (κ2) is 7.60. The fourth-order valence-corrected chi connectivity index (χ4v) is 3.92. The van der Waals surface area contributed by atoms with Crippen LogP contribution in [-0.2, 0) is 10.0 Å². The summed E-state index contributed by atoms with van der Waals surface area (Å²) < 4.78 is 27.4. The van der Waals surface area contributed by atoms with E-state index in [9.17, 15) is 8.42 Å². The van der Waals surface area contributed by atoms with Crippen molar-refractivity contribution >= 4 is 10.0 Å². The molecule has 5 heteroatoms. The summed E-state index contributed by atoms with van der Waals surface area (Å²) in [6.45, 7) is 0.179. The molecular weight excluding hydrogens is 286 g/mol. The minimum atomic E-state index is -3.55. The van der Waals surface area contributed by atoms with E-state index in [1.165, 1.54) is 25.7 Å². The van der Waals surface area contributed by atoms with E-state index in [0.717, 1.165) is 6.42 Å². The van der Waals surface area contributed by atoms with Gasteiger partial charge in [-0.1, -0.05) is 49.7 Å². The highest BCUT2D eigenvalue weighted by Gasteiger charge is 2.19. The third kappa shape index (κ3) is 4.57. The van der Waals surface area contributed by atoms with Crippen molar-refractivity contribution < 1.29 is 13.5 Å². The number of aliphatic hydroxyl groups is 1. The number of hydrogen-bond donors (Lipinski definition) is 2. The lowest BCUT2D eigenvalue weighted by molar-refractivity contribution is 0.350. The van der Waals surface area contributed by atoms with Gasteiger partial charge in [0.1, 0.15) is 6.61 Å². The molecule has 0 aliphatic heterocycles. The summed E-state index contributed by atoms with van der Waals surface area (Å²) in [6.07, 6.45) is 5.83. The zero-order chi connectivity index (χ0) is 15.1. The molecule has 0 amide bonds. The van der Waals surface area contributed by atoms with Gasteiger partial charge < -0.3 is 5.11 Å². The Morgan fingerprint density at radius 1 is 1.24 bits per heavy atom. The van der Waals surface area contributed by atoms with Crippen LogP contribution in [0.3, 0.4) is 0 Å². The maximum atomic E-state index is 12.3. The van der Waals surface area contributed by atoms with Crippen LogP contribution in [0.2, 0.25) is 0 Å². The summed E-state index contributed by atoms with van der Waals surface area (Å²) in [5.41, 5.74) is 0.417. The molecule has 0 aromatic heterocycles. The van der Waals surface area contributed by atoms with Crippen LogP contribution in [-0.4, -0.2) is 26.7 Å². The van der Waals surface area contributed by atoms with Gasteiger partial charge in [-0.15, -0.1) is 0 Å². The van der Waals surface area contributed by atoms with E-state index in [-0.39, 0.29) is 11.5 Å². The predicted octanol–water partition coefficient (Wildman–Crippen LogP) is 1.89. The zero-order valence-electron chi connectivity index (χ0n) is 12.0. The lowest BCUT2D eigenvalue weighted by Crippen LogP contribution is -2.26. The highest BCUT2D eigenvalue weighted by atomic mass is 32.2. The van der Waals surface area contributed by atoms with E-state index in [4.69, 9.17) is 5.11 Å². The Balaban J connectivity index is 2.04. The van der Waals surface area contributed by atoms with Gasteiger partial charge in [0, 0.05) is 12.1 Å². The molecule has 0 atom stereocenters. The quantitative estimate of drug-likeness (QED) is 0.816. The molecule has 1 aromatic carbocycles. The summed E-state index contributed by atoms with van der Waals surface area (Å²) in [6, 6.07) is 6.60. The first kappa shape index (κ1) is 16.0. The Morgan fingerprint density at radius 2 is 1.95 bits per heavy atom. The van der Waals surface area contributed by atoms with Crippen molar-refractivity contribution in [3.63, 3.8) is 0 Å². The van der Waals surface area contributed by atoms with Gasteiger partial charge in [0.05, 0.1) is 4.90 Å². The molecule has 4 nitrogen and oxygen atoms in total. The highest BCUT2D eigenvalue weighted by molar-refractivity contribution is 7.89. The van der Waals surface area contributed by atoms with Crippen molar-refractivity contribution in [3.05, 3.63) is 29.8 Å². The highest BCUT2D eigenvalue weighted by Crippen LogP contribution is 2.27. The van der Waals surface area contributed by atoms with Gasteiger partial charge in [-0.2, -0.15) is 0 Å². The van der Waals surface area contributed by atoms with Gasteiger partial charge in [0.2, 0.25) is 10.0 Å². The minimum absolute atomic E-state index is 0.178. The first-order valence-electron chi connectivity index (χ1n) is 7.32. The van der Waals surface area contributed by atoms with E-state index in [2.05, 4.69) is 16.6 Å². The van der Waals surface area contributed by atoms with Crippen LogP contribution in [0, 0.1) is 17.8 Å². The Hall–Kier alpha value is -1.35. The minimum Gasteiger partial charge on any atom is -0.384 e. The molecule has 21 heavy (non-hydrogen) atoms. The number of nitrogens with one attached hydrogen (secondary N) is 1. The Bertz CT molecular complexity index is 622. The number of rotatable bonds is 5. The van der Waals surface area contributed by atoms with Crippen LogP contribution in [0.4, 0.5) is 0 Å². The van der Waals surface area contributed by atoms with Gasteiger partial charge in [-0.05, 0) is 24.5 Å². The maximum absolute atomic E-state index is 12.3. The molecule has 0 saturated heterocycles. The first-order valence-corrected chi connectivity index (χ1v) is 8.80. The Morgan fingerprint density at radius 3 is 2.67 bits per heavy atom. The predicted molar refractivity (Wildman–Crippen MR) is 82.2 cm³/mol. The second-order valence-corrected chi connectivity index (χ2v) is 7.03. The average Bonchev–Trinajstić information content (AvgIpc) is 2.98. The van der Waals surface area contributed by atoms with Crippen LogP contribution in [0.1, 0.15) is 37.7 Å². The molecule has 1 fully saturated rings. The average molecular weight is 307 g/mol. The molecular formula is C16H21NO3S. The van der Waals surface area contributed by atoms with Gasteiger partial charge >= 0.3 is 0 Å². The molecule has 114 valence electrons. The molecule has 1 aliphatic rings. The Kier molecular flexibility index (Phi) is 5.80. The summed E-state index contributed by atoms with van der Waals surface area (Å²) >= 11 is 0. The van der Waals surface area contributed by atoms with E-state index >= 15 is 0 Å². The number of aliphatic hydroxyl groups excluding tert-OH is 1. The third-order valence-electron chi connectivity index (χ3n) is 3.80. The molecule has 0 bridgehead atoms. The molecule has 1 aliphatic carbocycles. The molecule has 0 radical (unpaired) electrons. The Labute approximate surface area is 126 Å². The van der Waals surface area contributed by atoms with Gasteiger partial charge in [0.25, 0.3) is 0 Å². The van der Waals surface area contributed by atoms with Crippen molar-refractivity contribution in [1.29, 1.82) is 0 Å². The molecule has 1 saturated carbocycles. The summed E-state index contributed by atoms with van der Waals surface area (Å²) in [5.74, 6) is 5.82. The maximum Gasteiger partial charge on any atom is 0.241 e. The van der Waals surface area contributed by atoms with E-state index in [0.29, 0.717) is 18.0 Å². The lowest BCUT2D eigenvalue weighted by atomic mass is 10.1. The first-order chi connectivity index (χ1) is 10.1.